The Morgan fingerprint density at radius 3 is 3.00 bits per heavy atom. The molecule has 0 bridgehead atoms. The number of halogens is 1. The molecule has 104 valence electrons. The van der Waals surface area contributed by atoms with E-state index in [1.54, 1.807) is 12.1 Å². The summed E-state index contributed by atoms with van der Waals surface area (Å²) < 4.78 is 11.7. The molecular weight excluding hydrogens is 324 g/mol. The quantitative estimate of drug-likeness (QED) is 0.782. The second-order valence-corrected chi connectivity index (χ2v) is 5.72. The smallest absolute Gasteiger partial charge is 0.229 e. The number of ether oxygens (including phenoxy) is 1. The van der Waals surface area contributed by atoms with Crippen molar-refractivity contribution in [3.63, 3.8) is 0 Å². The van der Waals surface area contributed by atoms with Gasteiger partial charge in [-0.3, -0.25) is 4.79 Å². The summed E-state index contributed by atoms with van der Waals surface area (Å²) >= 11 is 3.36. The second-order valence-electron chi connectivity index (χ2n) is 4.81. The SMILES string of the molecule is CC(=O)c1ccc(Br)cc1OCc1noc(C2CC2)n1. The highest BCUT2D eigenvalue weighted by Crippen LogP contribution is 2.38. The topological polar surface area (TPSA) is 65.2 Å². The van der Waals surface area contributed by atoms with Crippen LogP contribution in [0.1, 0.15) is 47.8 Å². The normalized spacial score (nSPS) is 14.3. The van der Waals surface area contributed by atoms with Crippen LogP contribution in [0.15, 0.2) is 27.2 Å². The van der Waals surface area contributed by atoms with E-state index in [1.165, 1.54) is 6.92 Å². The van der Waals surface area contributed by atoms with Crippen molar-refractivity contribution in [2.45, 2.75) is 32.3 Å². The van der Waals surface area contributed by atoms with Crippen molar-refractivity contribution in [2.75, 3.05) is 0 Å². The summed E-state index contributed by atoms with van der Waals surface area (Å²) in [5.41, 5.74) is 0.541. The molecule has 0 spiro atoms. The van der Waals surface area contributed by atoms with Crippen LogP contribution in [0.2, 0.25) is 0 Å². The minimum absolute atomic E-state index is 0.0423. The van der Waals surface area contributed by atoms with E-state index in [-0.39, 0.29) is 12.4 Å². The number of benzene rings is 1. The monoisotopic (exact) mass is 336 g/mol. The maximum atomic E-state index is 11.5. The molecule has 6 heteroatoms. The molecule has 0 saturated heterocycles. The van der Waals surface area contributed by atoms with E-state index < -0.39 is 0 Å². The summed E-state index contributed by atoms with van der Waals surface area (Å²) in [6.07, 6.45) is 2.23. The Kier molecular flexibility index (Phi) is 3.56. The molecule has 1 fully saturated rings. The first-order valence-electron chi connectivity index (χ1n) is 6.39. The minimum atomic E-state index is -0.0423. The van der Waals surface area contributed by atoms with Crippen LogP contribution >= 0.6 is 15.9 Å². The molecule has 0 amide bonds. The van der Waals surface area contributed by atoms with Gasteiger partial charge in [0, 0.05) is 10.4 Å². The Hall–Kier alpha value is -1.69. The van der Waals surface area contributed by atoms with Crippen LogP contribution in [0.3, 0.4) is 0 Å². The maximum Gasteiger partial charge on any atom is 0.229 e. The molecule has 3 rings (SSSR count). The summed E-state index contributed by atoms with van der Waals surface area (Å²) in [5, 5.41) is 3.88. The third-order valence-electron chi connectivity index (χ3n) is 3.09. The van der Waals surface area contributed by atoms with Gasteiger partial charge in [-0.15, -0.1) is 0 Å². The first-order chi connectivity index (χ1) is 9.63. The molecule has 5 nitrogen and oxygen atoms in total. The van der Waals surface area contributed by atoms with Crippen molar-refractivity contribution < 1.29 is 14.1 Å². The molecule has 0 aliphatic heterocycles. The van der Waals surface area contributed by atoms with Crippen LogP contribution in [0.4, 0.5) is 0 Å². The minimum Gasteiger partial charge on any atom is -0.485 e. The third kappa shape index (κ3) is 2.90. The zero-order valence-electron chi connectivity index (χ0n) is 10.9. The summed E-state index contributed by atoms with van der Waals surface area (Å²) in [6, 6.07) is 5.30. The zero-order valence-corrected chi connectivity index (χ0v) is 12.5. The van der Waals surface area contributed by atoms with Gasteiger partial charge < -0.3 is 9.26 Å². The molecule has 2 aromatic rings. The molecule has 0 atom stereocenters. The van der Waals surface area contributed by atoms with Crippen molar-refractivity contribution in [1.29, 1.82) is 0 Å². The average molecular weight is 337 g/mol. The van der Waals surface area contributed by atoms with Crippen molar-refractivity contribution in [1.82, 2.24) is 10.1 Å². The number of aromatic nitrogens is 2. The Morgan fingerprint density at radius 1 is 1.50 bits per heavy atom. The van der Waals surface area contributed by atoms with E-state index in [1.807, 2.05) is 6.07 Å². The highest BCUT2D eigenvalue weighted by atomic mass is 79.9. The molecule has 0 N–H and O–H groups in total. The predicted octanol–water partition coefficient (Wildman–Crippen LogP) is 3.49. The molecular formula is C14H13BrN2O3. The summed E-state index contributed by atoms with van der Waals surface area (Å²) in [4.78, 5) is 15.8. The van der Waals surface area contributed by atoms with E-state index in [2.05, 4.69) is 26.1 Å². The van der Waals surface area contributed by atoms with Crippen molar-refractivity contribution in [3.8, 4) is 5.75 Å². The lowest BCUT2D eigenvalue weighted by atomic mass is 10.1. The molecule has 1 aromatic carbocycles. The molecule has 20 heavy (non-hydrogen) atoms. The predicted molar refractivity (Wildman–Crippen MR) is 74.8 cm³/mol. The Balaban J connectivity index is 1.73. The fourth-order valence-corrected chi connectivity index (χ4v) is 2.21. The number of carbonyl (C=O) groups is 1. The standard InChI is InChI=1S/C14H13BrN2O3/c1-8(18)11-5-4-10(15)6-12(11)19-7-13-16-14(20-17-13)9-2-3-9/h4-6,9H,2-3,7H2,1H3. The number of ketones is 1. The van der Waals surface area contributed by atoms with E-state index in [4.69, 9.17) is 9.26 Å². The molecule has 0 radical (unpaired) electrons. The number of carbonyl (C=O) groups excluding carboxylic acids is 1. The van der Waals surface area contributed by atoms with Crippen LogP contribution in [-0.2, 0) is 6.61 Å². The lowest BCUT2D eigenvalue weighted by molar-refractivity contribution is 0.101. The van der Waals surface area contributed by atoms with Crippen LogP contribution in [0.25, 0.3) is 0 Å². The number of Topliss-reactive ketones (excluding diaryl/α,β-unsaturated/α-hetero) is 1. The van der Waals surface area contributed by atoms with E-state index >= 15 is 0 Å². The fraction of sp³-hybridized carbons (Fsp3) is 0.357. The van der Waals surface area contributed by atoms with Gasteiger partial charge in [0.05, 0.1) is 5.56 Å². The lowest BCUT2D eigenvalue weighted by Crippen LogP contribution is -2.03. The molecule has 1 heterocycles. The van der Waals surface area contributed by atoms with E-state index in [0.717, 1.165) is 17.3 Å². The largest absolute Gasteiger partial charge is 0.485 e. The van der Waals surface area contributed by atoms with Crippen LogP contribution < -0.4 is 4.74 Å². The zero-order chi connectivity index (χ0) is 14.1. The molecule has 1 aliphatic rings. The lowest BCUT2D eigenvalue weighted by Gasteiger charge is -2.08. The number of hydrogen-bond donors (Lipinski definition) is 0. The summed E-state index contributed by atoms with van der Waals surface area (Å²) in [6.45, 7) is 1.70. The second kappa shape index (κ2) is 5.36. The van der Waals surface area contributed by atoms with Crippen LogP contribution in [-0.4, -0.2) is 15.9 Å². The molecule has 1 aliphatic carbocycles. The van der Waals surface area contributed by atoms with Gasteiger partial charge in [-0.25, -0.2) is 0 Å². The van der Waals surface area contributed by atoms with Gasteiger partial charge >= 0.3 is 0 Å². The van der Waals surface area contributed by atoms with Crippen LogP contribution in [0, 0.1) is 0 Å². The Bertz CT molecular complexity index is 650. The number of hydrogen-bond acceptors (Lipinski definition) is 5. The molecule has 1 aromatic heterocycles. The highest BCUT2D eigenvalue weighted by Gasteiger charge is 2.29. The van der Waals surface area contributed by atoms with Gasteiger partial charge in [0.15, 0.2) is 12.4 Å². The first kappa shape index (κ1) is 13.3. The Labute approximate surface area is 124 Å². The first-order valence-corrected chi connectivity index (χ1v) is 7.18. The van der Waals surface area contributed by atoms with Gasteiger partial charge in [0.25, 0.3) is 0 Å². The summed E-state index contributed by atoms with van der Waals surface area (Å²) in [7, 11) is 0. The fourth-order valence-electron chi connectivity index (χ4n) is 1.87. The highest BCUT2D eigenvalue weighted by molar-refractivity contribution is 9.10. The van der Waals surface area contributed by atoms with Crippen LogP contribution in [0.5, 0.6) is 5.75 Å². The van der Waals surface area contributed by atoms with E-state index in [0.29, 0.717) is 28.9 Å². The average Bonchev–Trinajstić information content (AvgIpc) is 3.15. The maximum absolute atomic E-state index is 11.5. The third-order valence-corrected chi connectivity index (χ3v) is 3.58. The van der Waals surface area contributed by atoms with Gasteiger partial charge in [-0.2, -0.15) is 4.98 Å². The van der Waals surface area contributed by atoms with Crippen molar-refractivity contribution in [2.24, 2.45) is 0 Å². The van der Waals surface area contributed by atoms with Crippen molar-refractivity contribution in [3.05, 3.63) is 40.0 Å². The van der Waals surface area contributed by atoms with Gasteiger partial charge in [-0.1, -0.05) is 21.1 Å². The van der Waals surface area contributed by atoms with Gasteiger partial charge in [0.1, 0.15) is 5.75 Å². The number of nitrogens with zero attached hydrogens (tertiary/aromatic N) is 2. The van der Waals surface area contributed by atoms with Gasteiger partial charge in [-0.05, 0) is 38.0 Å². The summed E-state index contributed by atoms with van der Waals surface area (Å²) in [5.74, 6) is 2.09. The number of rotatable bonds is 5. The van der Waals surface area contributed by atoms with Gasteiger partial charge in [0.2, 0.25) is 11.7 Å². The molecule has 0 unspecified atom stereocenters. The Morgan fingerprint density at radius 2 is 2.30 bits per heavy atom. The van der Waals surface area contributed by atoms with E-state index in [9.17, 15) is 4.79 Å². The van der Waals surface area contributed by atoms with Crippen molar-refractivity contribution >= 4 is 21.7 Å². The molecule has 1 saturated carbocycles.